The third-order valence-electron chi connectivity index (χ3n) is 5.15. The topological polar surface area (TPSA) is 107 Å². The summed E-state index contributed by atoms with van der Waals surface area (Å²) in [5.74, 6) is -0.223. The first-order valence-electron chi connectivity index (χ1n) is 9.21. The van der Waals surface area contributed by atoms with Gasteiger partial charge in [0.2, 0.25) is 5.76 Å². The van der Waals surface area contributed by atoms with E-state index in [0.717, 1.165) is 0 Å². The van der Waals surface area contributed by atoms with Crippen molar-refractivity contribution < 1.29 is 14.1 Å². The van der Waals surface area contributed by atoms with Crippen LogP contribution in [0, 0.1) is 10.1 Å². The average Bonchev–Trinajstić information content (AvgIpc) is 3.07. The lowest BCUT2D eigenvalue weighted by atomic mass is 9.98. The zero-order valence-corrected chi connectivity index (χ0v) is 17.3. The molecule has 152 valence electrons. The number of carbonyl (C=O) groups is 1. The Labute approximate surface area is 183 Å². The molecule has 3 heterocycles. The van der Waals surface area contributed by atoms with Crippen molar-refractivity contribution in [2.75, 3.05) is 4.90 Å². The average molecular weight is 478 g/mol. The second-order valence-corrected chi connectivity index (χ2v) is 7.84. The summed E-state index contributed by atoms with van der Waals surface area (Å²) in [6.07, 6.45) is 1.54. The first kappa shape index (κ1) is 19.1. The highest BCUT2D eigenvalue weighted by atomic mass is 79.9. The minimum atomic E-state index is -0.835. The predicted molar refractivity (Wildman–Crippen MR) is 116 cm³/mol. The minimum absolute atomic E-state index is 0.0613. The van der Waals surface area contributed by atoms with Crippen molar-refractivity contribution >= 4 is 44.3 Å². The molecular formula is C22H12BrN3O5. The zero-order valence-electron chi connectivity index (χ0n) is 15.7. The fraction of sp³-hybridized carbons (Fsp3) is 0.0455. The van der Waals surface area contributed by atoms with Crippen LogP contribution in [0.15, 0.2) is 80.5 Å². The third kappa shape index (κ3) is 3.01. The van der Waals surface area contributed by atoms with E-state index in [1.807, 2.05) is 0 Å². The number of nitro groups is 1. The molecule has 0 spiro atoms. The van der Waals surface area contributed by atoms with Crippen LogP contribution in [-0.2, 0) is 0 Å². The first-order chi connectivity index (χ1) is 15.0. The maximum Gasteiger partial charge on any atom is 0.296 e. The van der Waals surface area contributed by atoms with Crippen LogP contribution in [0.4, 0.5) is 11.5 Å². The minimum Gasteiger partial charge on any atom is -0.450 e. The molecule has 2 aromatic heterocycles. The molecule has 0 fully saturated rings. The Bertz CT molecular complexity index is 1420. The van der Waals surface area contributed by atoms with Crippen LogP contribution in [-0.4, -0.2) is 15.8 Å². The molecule has 1 atom stereocenters. The van der Waals surface area contributed by atoms with Crippen LogP contribution in [0.25, 0.3) is 11.0 Å². The Morgan fingerprint density at radius 3 is 2.52 bits per heavy atom. The van der Waals surface area contributed by atoms with E-state index < -0.39 is 16.9 Å². The molecule has 0 aliphatic carbocycles. The zero-order chi connectivity index (χ0) is 21.7. The highest BCUT2D eigenvalue weighted by molar-refractivity contribution is 9.10. The summed E-state index contributed by atoms with van der Waals surface area (Å²) in [4.78, 5) is 43.0. The molecule has 4 aromatic rings. The molecule has 0 radical (unpaired) electrons. The van der Waals surface area contributed by atoms with Crippen molar-refractivity contribution in [1.29, 1.82) is 0 Å². The summed E-state index contributed by atoms with van der Waals surface area (Å²) in [6, 6.07) is 15.0. The normalized spacial score (nSPS) is 15.3. The van der Waals surface area contributed by atoms with Gasteiger partial charge in [0, 0.05) is 22.8 Å². The summed E-state index contributed by atoms with van der Waals surface area (Å²) in [6.45, 7) is 0. The molecule has 31 heavy (non-hydrogen) atoms. The summed E-state index contributed by atoms with van der Waals surface area (Å²) in [7, 11) is 0. The van der Waals surface area contributed by atoms with Gasteiger partial charge < -0.3 is 4.42 Å². The van der Waals surface area contributed by atoms with Crippen molar-refractivity contribution in [2.24, 2.45) is 0 Å². The summed E-state index contributed by atoms with van der Waals surface area (Å²) >= 11 is 3.36. The van der Waals surface area contributed by atoms with Gasteiger partial charge in [-0.3, -0.25) is 24.6 Å². The van der Waals surface area contributed by atoms with Gasteiger partial charge in [0.05, 0.1) is 21.9 Å². The van der Waals surface area contributed by atoms with Crippen LogP contribution in [0.1, 0.15) is 27.7 Å². The van der Waals surface area contributed by atoms with E-state index in [0.29, 0.717) is 26.8 Å². The van der Waals surface area contributed by atoms with Gasteiger partial charge in [-0.25, -0.2) is 4.98 Å². The number of fused-ring (bicyclic) bond motifs is 2. The van der Waals surface area contributed by atoms with Crippen molar-refractivity contribution in [3.63, 3.8) is 0 Å². The van der Waals surface area contributed by atoms with Crippen LogP contribution >= 0.6 is 15.9 Å². The lowest BCUT2D eigenvalue weighted by Crippen LogP contribution is -2.30. The molecule has 0 saturated heterocycles. The Hall–Kier alpha value is -3.85. The van der Waals surface area contributed by atoms with E-state index in [1.54, 1.807) is 42.6 Å². The fourth-order valence-electron chi connectivity index (χ4n) is 3.77. The number of amides is 1. The lowest BCUT2D eigenvalue weighted by Gasteiger charge is -2.24. The van der Waals surface area contributed by atoms with Crippen molar-refractivity contribution in [1.82, 2.24) is 4.98 Å². The Morgan fingerprint density at radius 1 is 1.06 bits per heavy atom. The third-order valence-corrected chi connectivity index (χ3v) is 5.64. The number of halogens is 1. The van der Waals surface area contributed by atoms with Gasteiger partial charge in [-0.05, 0) is 48.0 Å². The van der Waals surface area contributed by atoms with E-state index in [-0.39, 0.29) is 22.4 Å². The maximum absolute atomic E-state index is 13.5. The summed E-state index contributed by atoms with van der Waals surface area (Å²) in [5, 5.41) is 11.4. The van der Waals surface area contributed by atoms with Crippen LogP contribution in [0.3, 0.4) is 0 Å². The van der Waals surface area contributed by atoms with Gasteiger partial charge in [-0.1, -0.05) is 22.0 Å². The number of hydrogen-bond acceptors (Lipinski definition) is 6. The number of hydrogen-bond donors (Lipinski definition) is 0. The molecule has 0 bridgehead atoms. The molecule has 1 unspecified atom stereocenters. The highest BCUT2D eigenvalue weighted by Gasteiger charge is 2.44. The van der Waals surface area contributed by atoms with Crippen molar-refractivity contribution in [2.45, 2.75) is 6.04 Å². The van der Waals surface area contributed by atoms with E-state index in [1.165, 1.54) is 29.2 Å². The quantitative estimate of drug-likeness (QED) is 0.315. The highest BCUT2D eigenvalue weighted by Crippen LogP contribution is 2.40. The molecule has 1 aliphatic rings. The van der Waals surface area contributed by atoms with Crippen molar-refractivity contribution in [3.8, 4) is 0 Å². The van der Waals surface area contributed by atoms with Crippen LogP contribution < -0.4 is 10.3 Å². The Balaban J connectivity index is 1.79. The molecule has 1 amide bonds. The Kier molecular flexibility index (Phi) is 4.40. The molecule has 9 heteroatoms. The molecule has 5 rings (SSSR count). The number of anilines is 1. The van der Waals surface area contributed by atoms with Gasteiger partial charge in [0.25, 0.3) is 11.6 Å². The SMILES string of the molecule is O=C1c2oc3ccc(Br)cc3c(=O)c2C(c2ccc([N+](=O)[O-])cc2)N1c1ccccn1. The van der Waals surface area contributed by atoms with Gasteiger partial charge in [0.15, 0.2) is 5.43 Å². The lowest BCUT2D eigenvalue weighted by molar-refractivity contribution is -0.384. The number of carbonyl (C=O) groups excluding carboxylic acids is 1. The first-order valence-corrected chi connectivity index (χ1v) is 10.00. The number of pyridine rings is 1. The van der Waals surface area contributed by atoms with E-state index in [2.05, 4.69) is 20.9 Å². The predicted octanol–water partition coefficient (Wildman–Crippen LogP) is 4.61. The molecule has 2 aromatic carbocycles. The summed E-state index contributed by atoms with van der Waals surface area (Å²) < 4.78 is 6.57. The molecule has 0 saturated carbocycles. The van der Waals surface area contributed by atoms with Crippen molar-refractivity contribution in [3.05, 3.63) is 109 Å². The molecule has 8 nitrogen and oxygen atoms in total. The van der Waals surface area contributed by atoms with E-state index >= 15 is 0 Å². The number of non-ortho nitro benzene ring substituents is 1. The number of aromatic nitrogens is 1. The number of rotatable bonds is 3. The fourth-order valence-corrected chi connectivity index (χ4v) is 4.13. The number of nitro benzene ring substituents is 1. The number of benzene rings is 2. The van der Waals surface area contributed by atoms with Crippen LogP contribution in [0.5, 0.6) is 0 Å². The van der Waals surface area contributed by atoms with Gasteiger partial charge >= 0.3 is 0 Å². The van der Waals surface area contributed by atoms with Gasteiger partial charge in [-0.2, -0.15) is 0 Å². The second-order valence-electron chi connectivity index (χ2n) is 6.93. The summed E-state index contributed by atoms with van der Waals surface area (Å²) in [5.41, 5.74) is 0.575. The molecule has 1 aliphatic heterocycles. The van der Waals surface area contributed by atoms with E-state index in [4.69, 9.17) is 4.42 Å². The number of nitrogens with zero attached hydrogens (tertiary/aromatic N) is 3. The molecule has 0 N–H and O–H groups in total. The van der Waals surface area contributed by atoms with Gasteiger partial charge in [0.1, 0.15) is 11.4 Å². The maximum atomic E-state index is 13.5. The monoisotopic (exact) mass is 477 g/mol. The smallest absolute Gasteiger partial charge is 0.296 e. The largest absolute Gasteiger partial charge is 0.450 e. The Morgan fingerprint density at radius 2 is 1.84 bits per heavy atom. The standard InChI is InChI=1S/C22H12BrN3O5/c23-13-6-9-16-15(11-13)20(27)18-19(12-4-7-14(8-5-12)26(29)30)25(22(28)21(18)31-16)17-3-1-2-10-24-17/h1-11,19H. The van der Waals surface area contributed by atoms with Gasteiger partial charge in [-0.15, -0.1) is 0 Å². The van der Waals surface area contributed by atoms with E-state index in [9.17, 15) is 19.7 Å². The van der Waals surface area contributed by atoms with Crippen LogP contribution in [0.2, 0.25) is 0 Å². The second kappa shape index (κ2) is 7.13. The molecular weight excluding hydrogens is 466 g/mol.